The lowest BCUT2D eigenvalue weighted by Gasteiger charge is -2.06. The van der Waals surface area contributed by atoms with Crippen molar-refractivity contribution in [1.82, 2.24) is 10.2 Å². The average Bonchev–Trinajstić information content (AvgIpc) is 2.85. The van der Waals surface area contributed by atoms with Gasteiger partial charge in [-0.1, -0.05) is 29.8 Å². The van der Waals surface area contributed by atoms with Crippen LogP contribution in [-0.4, -0.2) is 10.2 Å². The van der Waals surface area contributed by atoms with Crippen molar-refractivity contribution in [2.75, 3.05) is 0 Å². The van der Waals surface area contributed by atoms with Crippen LogP contribution in [-0.2, 0) is 6.61 Å². The average molecular weight is 238 g/mol. The molecule has 0 bridgehead atoms. The van der Waals surface area contributed by atoms with E-state index in [-0.39, 0.29) is 0 Å². The predicted octanol–water partition coefficient (Wildman–Crippen LogP) is 3.45. The molecule has 90 valence electrons. The Morgan fingerprint density at radius 1 is 1.11 bits per heavy atom. The highest BCUT2D eigenvalue weighted by molar-refractivity contribution is 5.79. The summed E-state index contributed by atoms with van der Waals surface area (Å²) in [5, 5.41) is 8.02. The molecule has 1 heterocycles. The van der Waals surface area contributed by atoms with Crippen molar-refractivity contribution in [3.05, 3.63) is 59.8 Å². The van der Waals surface area contributed by atoms with Crippen LogP contribution in [0.15, 0.2) is 48.7 Å². The van der Waals surface area contributed by atoms with Crippen molar-refractivity contribution >= 4 is 10.9 Å². The highest BCUT2D eigenvalue weighted by atomic mass is 16.5. The molecule has 0 saturated carbocycles. The number of nitrogens with one attached hydrogen (secondary N) is 1. The van der Waals surface area contributed by atoms with Gasteiger partial charge >= 0.3 is 0 Å². The summed E-state index contributed by atoms with van der Waals surface area (Å²) in [5.41, 5.74) is 3.43. The molecule has 0 spiro atoms. The van der Waals surface area contributed by atoms with Crippen LogP contribution in [0, 0.1) is 6.92 Å². The number of aromatic nitrogens is 2. The molecule has 2 aromatic carbocycles. The van der Waals surface area contributed by atoms with Gasteiger partial charge in [0.25, 0.3) is 0 Å². The van der Waals surface area contributed by atoms with Gasteiger partial charge in [-0.25, -0.2) is 0 Å². The van der Waals surface area contributed by atoms with Crippen LogP contribution in [0.2, 0.25) is 0 Å². The van der Waals surface area contributed by atoms with Gasteiger partial charge in [0.1, 0.15) is 12.4 Å². The molecule has 0 saturated heterocycles. The van der Waals surface area contributed by atoms with Crippen molar-refractivity contribution in [2.24, 2.45) is 0 Å². The Kier molecular flexibility index (Phi) is 2.73. The highest BCUT2D eigenvalue weighted by Gasteiger charge is 1.99. The van der Waals surface area contributed by atoms with Crippen molar-refractivity contribution in [1.29, 1.82) is 0 Å². The summed E-state index contributed by atoms with van der Waals surface area (Å²) < 4.78 is 5.76. The SMILES string of the molecule is Cc1ccc(COc2ccc3cn[nH]c3c2)cc1. The Morgan fingerprint density at radius 3 is 2.78 bits per heavy atom. The Balaban J connectivity index is 1.74. The first kappa shape index (κ1) is 10.8. The van der Waals surface area contributed by atoms with Crippen LogP contribution < -0.4 is 4.74 Å². The molecule has 1 N–H and O–H groups in total. The molecule has 3 heteroatoms. The lowest BCUT2D eigenvalue weighted by atomic mass is 10.2. The molecule has 3 nitrogen and oxygen atoms in total. The first-order valence-electron chi connectivity index (χ1n) is 5.93. The van der Waals surface area contributed by atoms with Gasteiger partial charge in [0.2, 0.25) is 0 Å². The molecule has 18 heavy (non-hydrogen) atoms. The maximum absolute atomic E-state index is 5.76. The van der Waals surface area contributed by atoms with Crippen LogP contribution in [0.4, 0.5) is 0 Å². The van der Waals surface area contributed by atoms with E-state index in [2.05, 4.69) is 41.4 Å². The molecule has 3 rings (SSSR count). The van der Waals surface area contributed by atoms with Gasteiger partial charge in [-0.15, -0.1) is 0 Å². The van der Waals surface area contributed by atoms with Crippen LogP contribution in [0.5, 0.6) is 5.75 Å². The normalized spacial score (nSPS) is 10.7. The molecule has 3 aromatic rings. The molecule has 0 radical (unpaired) electrons. The summed E-state index contributed by atoms with van der Waals surface area (Å²) in [6.07, 6.45) is 1.80. The topological polar surface area (TPSA) is 37.9 Å². The number of hydrogen-bond acceptors (Lipinski definition) is 2. The Morgan fingerprint density at radius 2 is 1.94 bits per heavy atom. The zero-order chi connectivity index (χ0) is 12.4. The quantitative estimate of drug-likeness (QED) is 0.759. The van der Waals surface area contributed by atoms with E-state index in [0.717, 1.165) is 16.7 Å². The number of aryl methyl sites for hydroxylation is 1. The summed E-state index contributed by atoms with van der Waals surface area (Å²) in [7, 11) is 0. The number of rotatable bonds is 3. The summed E-state index contributed by atoms with van der Waals surface area (Å²) in [5.74, 6) is 0.854. The van der Waals surface area contributed by atoms with Gasteiger partial charge in [0, 0.05) is 11.5 Å². The second-order valence-electron chi connectivity index (χ2n) is 4.39. The minimum absolute atomic E-state index is 0.583. The molecular formula is C15H14N2O. The van der Waals surface area contributed by atoms with E-state index in [1.807, 2.05) is 18.2 Å². The van der Waals surface area contributed by atoms with Crippen molar-refractivity contribution in [3.8, 4) is 5.75 Å². The first-order chi connectivity index (χ1) is 8.81. The predicted molar refractivity (Wildman–Crippen MR) is 71.6 cm³/mol. The lowest BCUT2D eigenvalue weighted by molar-refractivity contribution is 0.306. The van der Waals surface area contributed by atoms with E-state index >= 15 is 0 Å². The Labute approximate surface area is 105 Å². The third kappa shape index (κ3) is 2.20. The number of benzene rings is 2. The molecule has 0 amide bonds. The van der Waals surface area contributed by atoms with Crippen LogP contribution in [0.1, 0.15) is 11.1 Å². The van der Waals surface area contributed by atoms with Gasteiger partial charge in [-0.05, 0) is 24.6 Å². The number of ether oxygens (including phenoxy) is 1. The highest BCUT2D eigenvalue weighted by Crippen LogP contribution is 2.19. The summed E-state index contributed by atoms with van der Waals surface area (Å²) in [4.78, 5) is 0. The van der Waals surface area contributed by atoms with Gasteiger partial charge in [0.05, 0.1) is 11.7 Å². The summed E-state index contributed by atoms with van der Waals surface area (Å²) in [6.45, 7) is 2.66. The van der Waals surface area contributed by atoms with Crippen LogP contribution in [0.3, 0.4) is 0 Å². The smallest absolute Gasteiger partial charge is 0.121 e. The van der Waals surface area contributed by atoms with Crippen molar-refractivity contribution in [2.45, 2.75) is 13.5 Å². The van der Waals surface area contributed by atoms with Crippen molar-refractivity contribution in [3.63, 3.8) is 0 Å². The standard InChI is InChI=1S/C15H14N2O/c1-11-2-4-12(5-3-11)10-18-14-7-6-13-9-16-17-15(13)8-14/h2-9H,10H2,1H3,(H,16,17). The summed E-state index contributed by atoms with van der Waals surface area (Å²) in [6, 6.07) is 14.3. The van der Waals surface area contributed by atoms with E-state index in [4.69, 9.17) is 4.74 Å². The molecule has 0 aliphatic carbocycles. The molecule has 0 aliphatic rings. The summed E-state index contributed by atoms with van der Waals surface area (Å²) >= 11 is 0. The third-order valence-corrected chi connectivity index (χ3v) is 2.94. The molecule has 0 fully saturated rings. The molecule has 1 aromatic heterocycles. The van der Waals surface area contributed by atoms with E-state index in [1.165, 1.54) is 11.1 Å². The van der Waals surface area contributed by atoms with E-state index in [9.17, 15) is 0 Å². The van der Waals surface area contributed by atoms with Gasteiger partial charge in [0.15, 0.2) is 0 Å². The molecular weight excluding hydrogens is 224 g/mol. The minimum Gasteiger partial charge on any atom is -0.489 e. The first-order valence-corrected chi connectivity index (χ1v) is 5.93. The number of hydrogen-bond donors (Lipinski definition) is 1. The maximum atomic E-state index is 5.76. The Bertz CT molecular complexity index is 656. The molecule has 0 atom stereocenters. The number of fused-ring (bicyclic) bond motifs is 1. The zero-order valence-electron chi connectivity index (χ0n) is 10.2. The van der Waals surface area contributed by atoms with Crippen molar-refractivity contribution < 1.29 is 4.74 Å². The van der Waals surface area contributed by atoms with E-state index in [1.54, 1.807) is 6.20 Å². The monoisotopic (exact) mass is 238 g/mol. The molecule has 0 unspecified atom stereocenters. The third-order valence-electron chi connectivity index (χ3n) is 2.94. The van der Waals surface area contributed by atoms with E-state index in [0.29, 0.717) is 6.61 Å². The van der Waals surface area contributed by atoms with Gasteiger partial charge in [-0.2, -0.15) is 5.10 Å². The number of aromatic amines is 1. The second kappa shape index (κ2) is 4.53. The fraction of sp³-hybridized carbons (Fsp3) is 0.133. The maximum Gasteiger partial charge on any atom is 0.121 e. The van der Waals surface area contributed by atoms with Crippen LogP contribution in [0.25, 0.3) is 10.9 Å². The largest absolute Gasteiger partial charge is 0.489 e. The van der Waals surface area contributed by atoms with Gasteiger partial charge < -0.3 is 4.74 Å². The lowest BCUT2D eigenvalue weighted by Crippen LogP contribution is -1.95. The Hall–Kier alpha value is -2.29. The zero-order valence-corrected chi connectivity index (χ0v) is 10.2. The number of H-pyrrole nitrogens is 1. The second-order valence-corrected chi connectivity index (χ2v) is 4.39. The van der Waals surface area contributed by atoms with Crippen LogP contribution >= 0.6 is 0 Å². The van der Waals surface area contributed by atoms with E-state index < -0.39 is 0 Å². The fourth-order valence-corrected chi connectivity index (χ4v) is 1.86. The minimum atomic E-state index is 0.583. The molecule has 0 aliphatic heterocycles. The number of nitrogens with zero attached hydrogens (tertiary/aromatic N) is 1. The van der Waals surface area contributed by atoms with Gasteiger partial charge in [-0.3, -0.25) is 5.10 Å². The fourth-order valence-electron chi connectivity index (χ4n) is 1.86.